The number of nitrogens with one attached hydrogen (secondary N) is 2. The number of unbranched alkanes of at least 4 members (excludes halogenated alkanes) is 1. The number of carbonyl (C=O) groups is 1. The highest BCUT2D eigenvalue weighted by atomic mass is 16.5. The molecule has 0 unspecified atom stereocenters. The second-order valence-corrected chi connectivity index (χ2v) is 5.89. The van der Waals surface area contributed by atoms with E-state index in [1.807, 2.05) is 6.11 Å². The standard InChI is InChI=1S/C16H30N2O4/c1-16(2,3)18-9-12-22-14-13-21-11-8-17-15(20)7-5-4-6-10-19/h18-19H,4-5,7-9,11-14H2,1-3H3,(H,17,20). The maximum Gasteiger partial charge on any atom is 0.220 e. The van der Waals surface area contributed by atoms with E-state index in [2.05, 4.69) is 37.3 Å². The first kappa shape index (κ1) is 20.7. The number of carbonyl (C=O) groups excluding carboxylic acids is 1. The van der Waals surface area contributed by atoms with Gasteiger partial charge in [-0.2, -0.15) is 0 Å². The molecular weight excluding hydrogens is 284 g/mol. The van der Waals surface area contributed by atoms with Crippen LogP contribution in [0.3, 0.4) is 0 Å². The van der Waals surface area contributed by atoms with Crippen LogP contribution in [0.5, 0.6) is 0 Å². The SMILES string of the molecule is CC(C)(C)NCCOCCOCCNC(=O)CCCC#CO. The molecule has 0 aliphatic rings. The summed E-state index contributed by atoms with van der Waals surface area (Å²) >= 11 is 0. The van der Waals surface area contributed by atoms with Crippen LogP contribution in [0, 0.1) is 12.0 Å². The Bertz CT molecular complexity index is 342. The summed E-state index contributed by atoms with van der Waals surface area (Å²) in [6.45, 7) is 9.88. The van der Waals surface area contributed by atoms with Gasteiger partial charge < -0.3 is 25.2 Å². The molecule has 6 heteroatoms. The zero-order valence-corrected chi connectivity index (χ0v) is 14.0. The van der Waals surface area contributed by atoms with Gasteiger partial charge >= 0.3 is 0 Å². The minimum atomic E-state index is -0.0205. The van der Waals surface area contributed by atoms with Crippen molar-refractivity contribution in [3.63, 3.8) is 0 Å². The van der Waals surface area contributed by atoms with Gasteiger partial charge in [0, 0.05) is 31.5 Å². The van der Waals surface area contributed by atoms with Crippen LogP contribution in [0.2, 0.25) is 0 Å². The predicted molar refractivity (Wildman–Crippen MR) is 86.0 cm³/mol. The lowest BCUT2D eigenvalue weighted by molar-refractivity contribution is -0.121. The van der Waals surface area contributed by atoms with E-state index >= 15 is 0 Å². The van der Waals surface area contributed by atoms with Crippen molar-refractivity contribution in [3.8, 4) is 12.0 Å². The second kappa shape index (κ2) is 13.4. The number of aliphatic hydroxyl groups is 1. The summed E-state index contributed by atoms with van der Waals surface area (Å²) in [7, 11) is 0. The molecule has 1 amide bonds. The van der Waals surface area contributed by atoms with Crippen LogP contribution in [-0.2, 0) is 14.3 Å². The van der Waals surface area contributed by atoms with Crippen LogP contribution in [0.25, 0.3) is 0 Å². The van der Waals surface area contributed by atoms with E-state index in [-0.39, 0.29) is 11.4 Å². The molecule has 0 radical (unpaired) electrons. The molecule has 0 aromatic rings. The van der Waals surface area contributed by atoms with Crippen molar-refractivity contribution in [2.45, 2.75) is 45.6 Å². The molecule has 0 saturated carbocycles. The monoisotopic (exact) mass is 314 g/mol. The van der Waals surface area contributed by atoms with Crippen LogP contribution in [0.4, 0.5) is 0 Å². The Morgan fingerprint density at radius 2 is 1.73 bits per heavy atom. The molecule has 0 rings (SSSR count). The largest absolute Gasteiger partial charge is 0.462 e. The molecule has 0 saturated heterocycles. The number of rotatable bonds is 12. The molecule has 6 nitrogen and oxygen atoms in total. The third-order valence-electron chi connectivity index (χ3n) is 2.63. The Morgan fingerprint density at radius 1 is 1.09 bits per heavy atom. The molecule has 0 bridgehead atoms. The summed E-state index contributed by atoms with van der Waals surface area (Å²) in [6, 6.07) is 0. The lowest BCUT2D eigenvalue weighted by Crippen LogP contribution is -2.38. The number of aliphatic hydroxyl groups excluding tert-OH is 1. The first-order valence-corrected chi connectivity index (χ1v) is 7.75. The lowest BCUT2D eigenvalue weighted by atomic mass is 10.1. The molecule has 0 aromatic carbocycles. The molecule has 0 fully saturated rings. The zero-order valence-electron chi connectivity index (χ0n) is 14.0. The fourth-order valence-electron chi connectivity index (χ4n) is 1.56. The van der Waals surface area contributed by atoms with Gasteiger partial charge in [0.2, 0.25) is 5.91 Å². The van der Waals surface area contributed by atoms with E-state index in [4.69, 9.17) is 14.6 Å². The van der Waals surface area contributed by atoms with Gasteiger partial charge in [-0.15, -0.1) is 0 Å². The molecule has 3 N–H and O–H groups in total. The van der Waals surface area contributed by atoms with Crippen molar-refractivity contribution < 1.29 is 19.4 Å². The number of hydrogen-bond acceptors (Lipinski definition) is 5. The molecule has 0 aliphatic carbocycles. The third kappa shape index (κ3) is 16.8. The number of ether oxygens (including phenoxy) is 2. The highest BCUT2D eigenvalue weighted by Gasteiger charge is 2.06. The Morgan fingerprint density at radius 3 is 2.32 bits per heavy atom. The summed E-state index contributed by atoms with van der Waals surface area (Å²) in [4.78, 5) is 11.4. The first-order chi connectivity index (χ1) is 10.5. The average molecular weight is 314 g/mol. The van der Waals surface area contributed by atoms with Gasteiger partial charge in [0.25, 0.3) is 0 Å². The second-order valence-electron chi connectivity index (χ2n) is 5.89. The van der Waals surface area contributed by atoms with Gasteiger partial charge in [-0.05, 0) is 27.2 Å². The summed E-state index contributed by atoms with van der Waals surface area (Å²) < 4.78 is 10.8. The van der Waals surface area contributed by atoms with Crippen LogP contribution in [0.1, 0.15) is 40.0 Å². The maximum atomic E-state index is 11.4. The van der Waals surface area contributed by atoms with Gasteiger partial charge in [-0.3, -0.25) is 4.79 Å². The van der Waals surface area contributed by atoms with Gasteiger partial charge in [-0.25, -0.2) is 0 Å². The third-order valence-corrected chi connectivity index (χ3v) is 2.63. The molecule has 128 valence electrons. The van der Waals surface area contributed by atoms with Gasteiger partial charge in [0.05, 0.1) is 26.4 Å². The average Bonchev–Trinajstić information content (AvgIpc) is 2.44. The van der Waals surface area contributed by atoms with Crippen molar-refractivity contribution >= 4 is 5.91 Å². The molecule has 0 heterocycles. The lowest BCUT2D eigenvalue weighted by Gasteiger charge is -2.20. The molecule has 0 atom stereocenters. The fourth-order valence-corrected chi connectivity index (χ4v) is 1.56. The molecule has 0 aromatic heterocycles. The fraction of sp³-hybridized carbons (Fsp3) is 0.812. The minimum absolute atomic E-state index is 0.0205. The highest BCUT2D eigenvalue weighted by Crippen LogP contribution is 1.96. The maximum absolute atomic E-state index is 11.4. The zero-order chi connectivity index (χ0) is 16.7. The molecular formula is C16H30N2O4. The number of amides is 1. The van der Waals surface area contributed by atoms with E-state index in [9.17, 15) is 4.79 Å². The van der Waals surface area contributed by atoms with E-state index < -0.39 is 0 Å². The first-order valence-electron chi connectivity index (χ1n) is 7.75. The van der Waals surface area contributed by atoms with Crippen LogP contribution < -0.4 is 10.6 Å². The molecule has 0 spiro atoms. The van der Waals surface area contributed by atoms with Crippen molar-refractivity contribution in [3.05, 3.63) is 0 Å². The number of hydrogen-bond donors (Lipinski definition) is 3. The quantitative estimate of drug-likeness (QED) is 0.370. The summed E-state index contributed by atoms with van der Waals surface area (Å²) in [5.74, 6) is 2.48. The van der Waals surface area contributed by atoms with Gasteiger partial charge in [-0.1, -0.05) is 5.92 Å². The Kier molecular flexibility index (Phi) is 12.6. The van der Waals surface area contributed by atoms with Crippen LogP contribution in [0.15, 0.2) is 0 Å². The van der Waals surface area contributed by atoms with Crippen molar-refractivity contribution in [2.24, 2.45) is 0 Å². The predicted octanol–water partition coefficient (Wildman–Crippen LogP) is 1.03. The smallest absolute Gasteiger partial charge is 0.220 e. The van der Waals surface area contributed by atoms with E-state index in [0.717, 1.165) is 6.54 Å². The van der Waals surface area contributed by atoms with E-state index in [0.29, 0.717) is 52.2 Å². The normalized spacial score (nSPS) is 10.9. The van der Waals surface area contributed by atoms with Crippen LogP contribution >= 0.6 is 0 Å². The van der Waals surface area contributed by atoms with Crippen molar-refractivity contribution in [1.82, 2.24) is 10.6 Å². The van der Waals surface area contributed by atoms with Gasteiger partial charge in [0.15, 0.2) is 0 Å². The summed E-state index contributed by atoms with van der Waals surface area (Å²) in [5, 5.41) is 14.4. The Hall–Kier alpha value is -1.29. The van der Waals surface area contributed by atoms with E-state index in [1.165, 1.54) is 0 Å². The highest BCUT2D eigenvalue weighted by molar-refractivity contribution is 5.75. The van der Waals surface area contributed by atoms with Crippen molar-refractivity contribution in [1.29, 1.82) is 0 Å². The van der Waals surface area contributed by atoms with Crippen molar-refractivity contribution in [2.75, 3.05) is 39.5 Å². The van der Waals surface area contributed by atoms with Gasteiger partial charge in [0.1, 0.15) is 6.11 Å². The summed E-state index contributed by atoms with van der Waals surface area (Å²) in [6.07, 6.45) is 3.41. The Balaban J connectivity index is 3.22. The molecule has 0 aliphatic heterocycles. The van der Waals surface area contributed by atoms with Crippen LogP contribution in [-0.4, -0.2) is 56.1 Å². The van der Waals surface area contributed by atoms with E-state index in [1.54, 1.807) is 0 Å². The topological polar surface area (TPSA) is 79.8 Å². The Labute approximate surface area is 133 Å². The summed E-state index contributed by atoms with van der Waals surface area (Å²) in [5.41, 5.74) is 0.114. The minimum Gasteiger partial charge on any atom is -0.462 e. The molecule has 22 heavy (non-hydrogen) atoms.